The van der Waals surface area contributed by atoms with Crippen LogP contribution in [0.3, 0.4) is 0 Å². The molecule has 0 aliphatic heterocycles. The summed E-state index contributed by atoms with van der Waals surface area (Å²) < 4.78 is 26.5. The van der Waals surface area contributed by atoms with Crippen molar-refractivity contribution in [2.45, 2.75) is 6.54 Å². The van der Waals surface area contributed by atoms with Gasteiger partial charge < -0.3 is 9.88 Å². The first-order valence-electron chi connectivity index (χ1n) is 8.58. The van der Waals surface area contributed by atoms with E-state index in [4.69, 9.17) is 11.6 Å². The molecule has 0 saturated carbocycles. The molecule has 0 radical (unpaired) electrons. The van der Waals surface area contributed by atoms with Crippen LogP contribution in [-0.2, 0) is 23.6 Å². The van der Waals surface area contributed by atoms with E-state index < -0.39 is 10.0 Å². The third-order valence-corrected chi connectivity index (χ3v) is 5.30. The molecule has 2 N–H and O–H groups in total. The largest absolute Gasteiger partial charge is 0.342 e. The number of benzene rings is 1. The highest BCUT2D eigenvalue weighted by atomic mass is 35.5. The molecule has 0 saturated heterocycles. The zero-order valence-corrected chi connectivity index (χ0v) is 17.1. The molecule has 9 heteroatoms. The fraction of sp³-hybridized carbons (Fsp3) is 0.263. The predicted molar refractivity (Wildman–Crippen MR) is 110 cm³/mol. The molecule has 0 bridgehead atoms. The monoisotopic (exact) mass is 417 g/mol. The van der Waals surface area contributed by atoms with Crippen LogP contribution in [0.25, 0.3) is 22.2 Å². The Balaban J connectivity index is 1.84. The maximum atomic E-state index is 11.1. The number of rotatable bonds is 7. The number of hydrogen-bond donors (Lipinski definition) is 2. The van der Waals surface area contributed by atoms with E-state index in [1.165, 1.54) is 0 Å². The third-order valence-electron chi connectivity index (χ3n) is 4.34. The summed E-state index contributed by atoms with van der Waals surface area (Å²) in [5.74, 6) is 0. The lowest BCUT2D eigenvalue weighted by Gasteiger charge is -2.09. The van der Waals surface area contributed by atoms with Gasteiger partial charge in [0, 0.05) is 55.0 Å². The predicted octanol–water partition coefficient (Wildman–Crippen LogP) is 2.40. The highest BCUT2D eigenvalue weighted by Crippen LogP contribution is 2.33. The van der Waals surface area contributed by atoms with Crippen LogP contribution in [0.1, 0.15) is 11.1 Å². The van der Waals surface area contributed by atoms with Gasteiger partial charge in [0.2, 0.25) is 10.0 Å². The molecule has 0 fully saturated rings. The Bertz CT molecular complexity index is 1170. The summed E-state index contributed by atoms with van der Waals surface area (Å²) in [6.07, 6.45) is 4.60. The Morgan fingerprint density at radius 2 is 2.04 bits per heavy atom. The number of sulfonamides is 1. The molecule has 28 heavy (non-hydrogen) atoms. The summed E-state index contributed by atoms with van der Waals surface area (Å²) in [6, 6.07) is 9.74. The molecule has 7 nitrogen and oxygen atoms in total. The van der Waals surface area contributed by atoms with Crippen molar-refractivity contribution in [1.29, 1.82) is 5.26 Å². The van der Waals surface area contributed by atoms with Crippen LogP contribution >= 0.6 is 11.6 Å². The Morgan fingerprint density at radius 3 is 2.75 bits per heavy atom. The van der Waals surface area contributed by atoms with E-state index >= 15 is 0 Å². The van der Waals surface area contributed by atoms with Crippen molar-refractivity contribution < 1.29 is 8.42 Å². The fourth-order valence-corrected chi connectivity index (χ4v) is 3.77. The number of nitrogens with zero attached hydrogens (tertiary/aromatic N) is 3. The van der Waals surface area contributed by atoms with E-state index in [0.29, 0.717) is 30.2 Å². The summed E-state index contributed by atoms with van der Waals surface area (Å²) in [4.78, 5) is 4.30. The van der Waals surface area contributed by atoms with Gasteiger partial charge in [-0.3, -0.25) is 4.98 Å². The van der Waals surface area contributed by atoms with Gasteiger partial charge in [0.15, 0.2) is 0 Å². The lowest BCUT2D eigenvalue weighted by atomic mass is 10.1. The number of fused-ring (bicyclic) bond motifs is 1. The van der Waals surface area contributed by atoms with Crippen molar-refractivity contribution >= 4 is 32.5 Å². The standard InChI is InChI=1S/C19H20ClN5O2S/c1-25-18-8-15(20)3-4-16(18)17(9-21)19(25)14-7-13(11-23-12-14)10-22-5-6-24-28(2,26)27/h3-4,7-8,11-12,22,24H,5-6,10H2,1-2H3. The molecule has 0 atom stereocenters. The Hall–Kier alpha value is -2.44. The number of aromatic nitrogens is 2. The first kappa shape index (κ1) is 20.3. The van der Waals surface area contributed by atoms with Gasteiger partial charge in [0.1, 0.15) is 6.07 Å². The van der Waals surface area contributed by atoms with Gasteiger partial charge in [-0.2, -0.15) is 5.26 Å². The quantitative estimate of drug-likeness (QED) is 0.575. The van der Waals surface area contributed by atoms with Gasteiger partial charge in [-0.25, -0.2) is 13.1 Å². The topological polar surface area (TPSA) is 99.8 Å². The Morgan fingerprint density at radius 1 is 1.25 bits per heavy atom. The maximum absolute atomic E-state index is 11.1. The highest BCUT2D eigenvalue weighted by molar-refractivity contribution is 7.88. The van der Waals surface area contributed by atoms with E-state index in [1.807, 2.05) is 29.8 Å². The summed E-state index contributed by atoms with van der Waals surface area (Å²) in [7, 11) is -1.29. The lowest BCUT2D eigenvalue weighted by Crippen LogP contribution is -2.30. The van der Waals surface area contributed by atoms with Gasteiger partial charge in [0.05, 0.1) is 23.0 Å². The van der Waals surface area contributed by atoms with E-state index in [2.05, 4.69) is 21.1 Å². The van der Waals surface area contributed by atoms with Crippen LogP contribution in [0.5, 0.6) is 0 Å². The molecular weight excluding hydrogens is 398 g/mol. The normalized spacial score (nSPS) is 11.6. The molecule has 0 spiro atoms. The molecule has 1 aromatic carbocycles. The van der Waals surface area contributed by atoms with Crippen molar-refractivity contribution in [3.05, 3.63) is 52.8 Å². The van der Waals surface area contributed by atoms with Crippen LogP contribution < -0.4 is 10.0 Å². The number of aryl methyl sites for hydroxylation is 1. The van der Waals surface area contributed by atoms with Crippen LogP contribution in [0.15, 0.2) is 36.7 Å². The number of halogens is 1. The number of nitriles is 1. The molecule has 3 aromatic rings. The first-order chi connectivity index (χ1) is 13.3. The van der Waals surface area contributed by atoms with Crippen LogP contribution in [-0.4, -0.2) is 37.3 Å². The summed E-state index contributed by atoms with van der Waals surface area (Å²) in [5.41, 5.74) is 4.02. The van der Waals surface area contributed by atoms with E-state index in [-0.39, 0.29) is 0 Å². The summed E-state index contributed by atoms with van der Waals surface area (Å²) >= 11 is 6.12. The zero-order chi connectivity index (χ0) is 20.3. The molecule has 0 aliphatic carbocycles. The van der Waals surface area contributed by atoms with Crippen molar-refractivity contribution in [2.75, 3.05) is 19.3 Å². The van der Waals surface area contributed by atoms with Crippen molar-refractivity contribution in [2.24, 2.45) is 7.05 Å². The van der Waals surface area contributed by atoms with Gasteiger partial charge in [-0.1, -0.05) is 11.6 Å². The van der Waals surface area contributed by atoms with Crippen LogP contribution in [0, 0.1) is 11.3 Å². The zero-order valence-electron chi connectivity index (χ0n) is 15.5. The van der Waals surface area contributed by atoms with Gasteiger partial charge in [-0.15, -0.1) is 0 Å². The minimum atomic E-state index is -3.19. The van der Waals surface area contributed by atoms with Crippen molar-refractivity contribution in [1.82, 2.24) is 19.6 Å². The molecule has 2 heterocycles. The number of hydrogen-bond acceptors (Lipinski definition) is 5. The first-order valence-corrected chi connectivity index (χ1v) is 10.8. The fourth-order valence-electron chi connectivity index (χ4n) is 3.13. The summed E-state index contributed by atoms with van der Waals surface area (Å²) in [6.45, 7) is 1.34. The second kappa shape index (κ2) is 8.29. The second-order valence-electron chi connectivity index (χ2n) is 6.48. The van der Waals surface area contributed by atoms with Crippen LogP contribution in [0.2, 0.25) is 5.02 Å². The molecule has 0 unspecified atom stereocenters. The van der Waals surface area contributed by atoms with Crippen molar-refractivity contribution in [3.8, 4) is 17.3 Å². The molecule has 3 rings (SSSR count). The van der Waals surface area contributed by atoms with Crippen LogP contribution in [0.4, 0.5) is 0 Å². The molecule has 2 aromatic heterocycles. The second-order valence-corrected chi connectivity index (χ2v) is 8.75. The molecular formula is C19H20ClN5O2S. The highest BCUT2D eigenvalue weighted by Gasteiger charge is 2.17. The van der Waals surface area contributed by atoms with Gasteiger partial charge in [-0.05, 0) is 29.8 Å². The van der Waals surface area contributed by atoms with Gasteiger partial charge in [0.25, 0.3) is 0 Å². The van der Waals surface area contributed by atoms with E-state index in [9.17, 15) is 13.7 Å². The van der Waals surface area contributed by atoms with E-state index in [1.54, 1.807) is 18.5 Å². The summed E-state index contributed by atoms with van der Waals surface area (Å²) in [5, 5.41) is 14.3. The van der Waals surface area contributed by atoms with Gasteiger partial charge >= 0.3 is 0 Å². The Labute approximate surface area is 169 Å². The molecule has 0 amide bonds. The average molecular weight is 418 g/mol. The number of nitrogens with one attached hydrogen (secondary N) is 2. The molecule has 0 aliphatic rings. The minimum absolute atomic E-state index is 0.314. The third kappa shape index (κ3) is 4.51. The minimum Gasteiger partial charge on any atom is -0.342 e. The smallest absolute Gasteiger partial charge is 0.208 e. The molecule has 146 valence electrons. The average Bonchev–Trinajstić information content (AvgIpc) is 2.92. The van der Waals surface area contributed by atoms with E-state index in [0.717, 1.165) is 34.0 Å². The SMILES string of the molecule is Cn1c(-c2cncc(CNCCNS(C)(=O)=O)c2)c(C#N)c2ccc(Cl)cc21. The maximum Gasteiger partial charge on any atom is 0.208 e. The Kier molecular flexibility index (Phi) is 6.01. The lowest BCUT2D eigenvalue weighted by molar-refractivity contribution is 0.581. The number of pyridine rings is 1. The van der Waals surface area contributed by atoms with Crippen molar-refractivity contribution in [3.63, 3.8) is 0 Å².